The minimum Gasteiger partial charge on any atom is -0.382 e. The second-order valence-corrected chi connectivity index (χ2v) is 9.79. The lowest BCUT2D eigenvalue weighted by atomic mass is 10.0. The van der Waals surface area contributed by atoms with Gasteiger partial charge in [0.25, 0.3) is 0 Å². The van der Waals surface area contributed by atoms with Crippen LogP contribution < -0.4 is 10.5 Å². The Morgan fingerprint density at radius 1 is 1.12 bits per heavy atom. The summed E-state index contributed by atoms with van der Waals surface area (Å²) >= 11 is 0. The van der Waals surface area contributed by atoms with E-state index in [1.165, 1.54) is 30.6 Å². The van der Waals surface area contributed by atoms with Gasteiger partial charge in [0.15, 0.2) is 0 Å². The number of nitrogens with one attached hydrogen (secondary N) is 1. The zero-order valence-electron chi connectivity index (χ0n) is 18.7. The number of aromatic nitrogens is 2. The van der Waals surface area contributed by atoms with Gasteiger partial charge in [-0.1, -0.05) is 24.3 Å². The first-order valence-electron chi connectivity index (χ1n) is 11.1. The van der Waals surface area contributed by atoms with Crippen molar-refractivity contribution in [1.82, 2.24) is 19.6 Å². The molecule has 1 aliphatic heterocycles. The number of rotatable bonds is 6. The molecular weight excluding hydrogens is 457 g/mol. The molecule has 2 aromatic carbocycles. The predicted octanol–water partition coefficient (Wildman–Crippen LogP) is 3.21. The standard InChI is InChI=1S/C24H26FN5O3S/c1-2-30-12-6-5-8-20(24(30)31)29-34(32,33)22-9-4-3-7-17(22)16-10-11-18(19(25)13-16)21-14-28-23(26)15-27-21/h3-4,7,9-11,13-15,20,29H,2,5-6,8,12H2,1H3,(H2,26,28)/t20-/m0/s1. The van der Waals surface area contributed by atoms with Crippen molar-refractivity contribution in [2.24, 2.45) is 0 Å². The van der Waals surface area contributed by atoms with Crippen LogP contribution in [0, 0.1) is 5.82 Å². The van der Waals surface area contributed by atoms with E-state index in [1.807, 2.05) is 6.92 Å². The average molecular weight is 484 g/mol. The molecule has 1 aromatic heterocycles. The highest BCUT2D eigenvalue weighted by Gasteiger charge is 2.31. The molecule has 34 heavy (non-hydrogen) atoms. The van der Waals surface area contributed by atoms with Gasteiger partial charge in [-0.15, -0.1) is 0 Å². The Hall–Kier alpha value is -3.37. The van der Waals surface area contributed by atoms with E-state index in [0.29, 0.717) is 36.3 Å². The van der Waals surface area contributed by atoms with Gasteiger partial charge in [0.05, 0.1) is 23.0 Å². The maximum absolute atomic E-state index is 15.0. The van der Waals surface area contributed by atoms with Gasteiger partial charge in [-0.25, -0.2) is 17.8 Å². The number of halogens is 1. The monoisotopic (exact) mass is 483 g/mol. The minimum atomic E-state index is -4.06. The van der Waals surface area contributed by atoms with Crippen molar-refractivity contribution in [3.63, 3.8) is 0 Å². The maximum atomic E-state index is 15.0. The molecule has 0 spiro atoms. The Kier molecular flexibility index (Phi) is 6.90. The zero-order valence-corrected chi connectivity index (χ0v) is 19.6. The number of hydrogen-bond donors (Lipinski definition) is 2. The molecule has 1 fully saturated rings. The van der Waals surface area contributed by atoms with Crippen LogP contribution in [0.3, 0.4) is 0 Å². The third kappa shape index (κ3) is 4.92. The van der Waals surface area contributed by atoms with Gasteiger partial charge in [0, 0.05) is 24.2 Å². The fourth-order valence-electron chi connectivity index (χ4n) is 4.09. The Labute approximate surface area is 198 Å². The normalized spacial score (nSPS) is 16.9. The van der Waals surface area contributed by atoms with E-state index in [2.05, 4.69) is 14.7 Å². The number of anilines is 1. The smallest absolute Gasteiger partial charge is 0.241 e. The van der Waals surface area contributed by atoms with E-state index in [9.17, 15) is 17.6 Å². The van der Waals surface area contributed by atoms with Gasteiger partial charge < -0.3 is 10.6 Å². The molecule has 1 aliphatic rings. The number of carbonyl (C=O) groups is 1. The van der Waals surface area contributed by atoms with E-state index in [4.69, 9.17) is 5.73 Å². The number of nitrogens with zero attached hydrogens (tertiary/aromatic N) is 3. The number of nitrogens with two attached hydrogens (primary N) is 1. The summed E-state index contributed by atoms with van der Waals surface area (Å²) in [5.41, 5.74) is 6.79. The summed E-state index contributed by atoms with van der Waals surface area (Å²) in [4.78, 5) is 22.5. The molecule has 10 heteroatoms. The van der Waals surface area contributed by atoms with Gasteiger partial charge in [-0.3, -0.25) is 9.78 Å². The number of carbonyl (C=O) groups excluding carboxylic acids is 1. The summed E-state index contributed by atoms with van der Waals surface area (Å²) in [7, 11) is -4.06. The highest BCUT2D eigenvalue weighted by Crippen LogP contribution is 2.31. The predicted molar refractivity (Wildman–Crippen MR) is 127 cm³/mol. The molecule has 0 bridgehead atoms. The average Bonchev–Trinajstić information content (AvgIpc) is 3.00. The second-order valence-electron chi connectivity index (χ2n) is 8.10. The molecule has 178 valence electrons. The highest BCUT2D eigenvalue weighted by molar-refractivity contribution is 7.89. The topological polar surface area (TPSA) is 118 Å². The summed E-state index contributed by atoms with van der Waals surface area (Å²) < 4.78 is 44.3. The highest BCUT2D eigenvalue weighted by atomic mass is 32.2. The molecule has 1 amide bonds. The molecule has 0 radical (unpaired) electrons. The maximum Gasteiger partial charge on any atom is 0.241 e. The summed E-state index contributed by atoms with van der Waals surface area (Å²) in [5, 5.41) is 0. The van der Waals surface area contributed by atoms with Crippen LogP contribution in [0.5, 0.6) is 0 Å². The quantitative estimate of drug-likeness (QED) is 0.556. The van der Waals surface area contributed by atoms with E-state index >= 15 is 0 Å². The first-order valence-corrected chi connectivity index (χ1v) is 12.6. The Morgan fingerprint density at radius 2 is 1.91 bits per heavy atom. The Bertz CT molecular complexity index is 1300. The fourth-order valence-corrected chi connectivity index (χ4v) is 5.54. The Morgan fingerprint density at radius 3 is 2.62 bits per heavy atom. The van der Waals surface area contributed by atoms with Crippen molar-refractivity contribution in [1.29, 1.82) is 0 Å². The molecule has 0 unspecified atom stereocenters. The van der Waals surface area contributed by atoms with Crippen molar-refractivity contribution in [3.05, 3.63) is 60.7 Å². The third-order valence-electron chi connectivity index (χ3n) is 5.86. The minimum absolute atomic E-state index is 0.0190. The van der Waals surface area contributed by atoms with Crippen LogP contribution >= 0.6 is 0 Å². The largest absolute Gasteiger partial charge is 0.382 e. The first kappa shape index (κ1) is 23.8. The molecule has 2 heterocycles. The number of likely N-dealkylation sites (tertiary alicyclic amines) is 1. The van der Waals surface area contributed by atoms with Crippen LogP contribution in [0.1, 0.15) is 26.2 Å². The van der Waals surface area contributed by atoms with Crippen LogP contribution in [0.4, 0.5) is 10.2 Å². The number of sulfonamides is 1. The molecule has 0 aliphatic carbocycles. The van der Waals surface area contributed by atoms with Crippen molar-refractivity contribution in [3.8, 4) is 22.4 Å². The van der Waals surface area contributed by atoms with E-state index in [0.717, 1.165) is 12.8 Å². The molecule has 1 saturated heterocycles. The molecule has 0 saturated carbocycles. The van der Waals surface area contributed by atoms with Crippen LogP contribution in [0.25, 0.3) is 22.4 Å². The van der Waals surface area contributed by atoms with Crippen molar-refractivity contribution in [2.75, 3.05) is 18.8 Å². The lowest BCUT2D eigenvalue weighted by Crippen LogP contribution is -2.47. The number of likely N-dealkylation sites (N-methyl/N-ethyl adjacent to an activating group) is 1. The number of benzene rings is 2. The van der Waals surface area contributed by atoms with Crippen LogP contribution in [0.15, 0.2) is 59.8 Å². The number of amides is 1. The summed E-state index contributed by atoms with van der Waals surface area (Å²) in [6, 6.07) is 9.92. The summed E-state index contributed by atoms with van der Waals surface area (Å²) in [5.74, 6) is -0.572. The summed E-state index contributed by atoms with van der Waals surface area (Å²) in [6.07, 6.45) is 4.72. The SMILES string of the molecule is CCN1CCCC[C@H](NS(=O)(=O)c2ccccc2-c2ccc(-c3cnc(N)cn3)c(F)c2)C1=O. The lowest BCUT2D eigenvalue weighted by molar-refractivity contribution is -0.132. The Balaban J connectivity index is 1.67. The molecule has 8 nitrogen and oxygen atoms in total. The third-order valence-corrected chi connectivity index (χ3v) is 7.39. The first-order chi connectivity index (χ1) is 16.3. The van der Waals surface area contributed by atoms with Gasteiger partial charge in [0.2, 0.25) is 15.9 Å². The van der Waals surface area contributed by atoms with E-state index in [1.54, 1.807) is 29.2 Å². The molecule has 3 aromatic rings. The van der Waals surface area contributed by atoms with Crippen molar-refractivity contribution in [2.45, 2.75) is 37.1 Å². The number of nitrogen functional groups attached to an aromatic ring is 1. The molecular formula is C24H26FN5O3S. The van der Waals surface area contributed by atoms with Crippen LogP contribution in [-0.2, 0) is 14.8 Å². The van der Waals surface area contributed by atoms with Crippen LogP contribution in [-0.4, -0.2) is 48.3 Å². The molecule has 1 atom stereocenters. The van der Waals surface area contributed by atoms with E-state index < -0.39 is 21.9 Å². The zero-order chi connectivity index (χ0) is 24.3. The van der Waals surface area contributed by atoms with Crippen LogP contribution in [0.2, 0.25) is 0 Å². The second kappa shape index (κ2) is 9.86. The van der Waals surface area contributed by atoms with Gasteiger partial charge >= 0.3 is 0 Å². The van der Waals surface area contributed by atoms with Gasteiger partial charge in [-0.2, -0.15) is 4.72 Å². The lowest BCUT2D eigenvalue weighted by Gasteiger charge is -2.23. The fraction of sp³-hybridized carbons (Fsp3) is 0.292. The van der Waals surface area contributed by atoms with Gasteiger partial charge in [-0.05, 0) is 49.9 Å². The van der Waals surface area contributed by atoms with Crippen molar-refractivity contribution < 1.29 is 17.6 Å². The van der Waals surface area contributed by atoms with Gasteiger partial charge in [0.1, 0.15) is 17.7 Å². The summed E-state index contributed by atoms with van der Waals surface area (Å²) in [6.45, 7) is 3.02. The number of hydrogen-bond acceptors (Lipinski definition) is 6. The molecule has 3 N–H and O–H groups in total. The van der Waals surface area contributed by atoms with Crippen molar-refractivity contribution >= 4 is 21.7 Å². The van der Waals surface area contributed by atoms with E-state index in [-0.39, 0.29) is 22.2 Å². The molecule has 4 rings (SSSR count).